The Labute approximate surface area is 104 Å². The minimum atomic E-state index is -0.0396. The van der Waals surface area contributed by atoms with Gasteiger partial charge in [-0.3, -0.25) is 0 Å². The molecule has 2 unspecified atom stereocenters. The molecule has 0 spiro atoms. The molecule has 1 aliphatic carbocycles. The van der Waals surface area contributed by atoms with Crippen LogP contribution in [0.4, 0.5) is 0 Å². The molecule has 1 saturated carbocycles. The monoisotopic (exact) mass is 294 g/mol. The van der Waals surface area contributed by atoms with Crippen molar-refractivity contribution in [2.75, 3.05) is 5.75 Å². The van der Waals surface area contributed by atoms with Crippen molar-refractivity contribution in [2.45, 2.75) is 56.4 Å². The Morgan fingerprint density at radius 3 is 2.87 bits per heavy atom. The van der Waals surface area contributed by atoms with Gasteiger partial charge >= 0.3 is 104 Å². The van der Waals surface area contributed by atoms with Crippen molar-refractivity contribution in [1.29, 1.82) is 0 Å². The molecule has 0 aliphatic heterocycles. The van der Waals surface area contributed by atoms with Crippen molar-refractivity contribution < 1.29 is 5.11 Å². The predicted octanol–water partition coefficient (Wildman–Crippen LogP) is 3.42. The maximum absolute atomic E-state index is 9.85. The first-order valence-electron chi connectivity index (χ1n) is 5.90. The first kappa shape index (κ1) is 13.6. The van der Waals surface area contributed by atoms with Crippen molar-refractivity contribution in [1.82, 2.24) is 0 Å². The van der Waals surface area contributed by atoms with Crippen LogP contribution < -0.4 is 0 Å². The molecular formula is C12H22OSSe. The van der Waals surface area contributed by atoms with Gasteiger partial charge in [-0.2, -0.15) is 0 Å². The Morgan fingerprint density at radius 2 is 2.20 bits per heavy atom. The number of unbranched alkanes of at least 4 members (excludes halogenated alkanes) is 1. The number of hydrogen-bond donors (Lipinski definition) is 1. The van der Waals surface area contributed by atoms with Crippen LogP contribution >= 0.6 is 11.8 Å². The summed E-state index contributed by atoms with van der Waals surface area (Å²) >= 11 is 2.36. The Morgan fingerprint density at radius 1 is 1.47 bits per heavy atom. The Kier molecular flexibility index (Phi) is 7.07. The molecule has 0 aromatic rings. The van der Waals surface area contributed by atoms with Crippen LogP contribution in [0.25, 0.3) is 0 Å². The zero-order chi connectivity index (χ0) is 11.1. The van der Waals surface area contributed by atoms with Gasteiger partial charge in [0, 0.05) is 0 Å². The summed E-state index contributed by atoms with van der Waals surface area (Å²) in [6.07, 6.45) is 7.25. The zero-order valence-electron chi connectivity index (χ0n) is 9.58. The van der Waals surface area contributed by atoms with Gasteiger partial charge in [-0.1, -0.05) is 0 Å². The first-order chi connectivity index (χ1) is 7.24. The average molecular weight is 293 g/mol. The zero-order valence-corrected chi connectivity index (χ0v) is 12.1. The van der Waals surface area contributed by atoms with Crippen LogP contribution in [0.1, 0.15) is 45.4 Å². The van der Waals surface area contributed by atoms with Crippen molar-refractivity contribution in [3.05, 3.63) is 10.4 Å². The molecule has 88 valence electrons. The third kappa shape index (κ3) is 5.44. The summed E-state index contributed by atoms with van der Waals surface area (Å²) in [4.78, 5) is 0.549. The molecule has 1 fully saturated rings. The van der Waals surface area contributed by atoms with Crippen LogP contribution in [0.15, 0.2) is 10.4 Å². The fourth-order valence-corrected chi connectivity index (χ4v) is 5.99. The van der Waals surface area contributed by atoms with E-state index in [4.69, 9.17) is 0 Å². The number of rotatable bonds is 6. The molecule has 1 rings (SSSR count). The van der Waals surface area contributed by atoms with Gasteiger partial charge in [-0.15, -0.1) is 0 Å². The third-order valence-corrected chi connectivity index (χ3v) is 7.11. The van der Waals surface area contributed by atoms with Crippen LogP contribution in [-0.4, -0.2) is 31.9 Å². The molecule has 0 saturated heterocycles. The molecule has 0 amide bonds. The molecule has 3 heteroatoms. The topological polar surface area (TPSA) is 20.2 Å². The SMILES string of the molecule is C=C(SCCCC)[Se]C1CCCCC1O. The number of aliphatic hydroxyl groups is 1. The molecule has 0 aromatic heterocycles. The van der Waals surface area contributed by atoms with Gasteiger partial charge in [0.1, 0.15) is 0 Å². The van der Waals surface area contributed by atoms with Crippen LogP contribution in [-0.2, 0) is 0 Å². The fourth-order valence-electron chi connectivity index (χ4n) is 1.75. The van der Waals surface area contributed by atoms with E-state index < -0.39 is 0 Å². The summed E-state index contributed by atoms with van der Waals surface area (Å²) in [6, 6.07) is 0. The van der Waals surface area contributed by atoms with E-state index >= 15 is 0 Å². The second kappa shape index (κ2) is 7.78. The van der Waals surface area contributed by atoms with Gasteiger partial charge in [-0.05, 0) is 0 Å². The summed E-state index contributed by atoms with van der Waals surface area (Å²) in [5, 5.41) is 9.85. The van der Waals surface area contributed by atoms with E-state index in [-0.39, 0.29) is 6.10 Å². The van der Waals surface area contributed by atoms with Gasteiger partial charge in [-0.25, -0.2) is 0 Å². The van der Waals surface area contributed by atoms with Gasteiger partial charge in [0.2, 0.25) is 0 Å². The summed E-state index contributed by atoms with van der Waals surface area (Å²) < 4.78 is 1.34. The van der Waals surface area contributed by atoms with E-state index in [1.54, 1.807) is 0 Å². The molecule has 0 aromatic carbocycles. The van der Waals surface area contributed by atoms with E-state index in [9.17, 15) is 5.11 Å². The molecule has 0 heterocycles. The summed E-state index contributed by atoms with van der Waals surface area (Å²) in [5.74, 6) is 1.21. The predicted molar refractivity (Wildman–Crippen MR) is 70.5 cm³/mol. The number of hydrogen-bond acceptors (Lipinski definition) is 2. The van der Waals surface area contributed by atoms with Crippen LogP contribution in [0, 0.1) is 0 Å². The molecule has 1 nitrogen and oxygen atoms in total. The van der Waals surface area contributed by atoms with Crippen LogP contribution in [0.2, 0.25) is 4.82 Å². The molecular weight excluding hydrogens is 271 g/mol. The molecule has 0 bridgehead atoms. The van der Waals surface area contributed by atoms with Crippen molar-refractivity contribution in [2.24, 2.45) is 0 Å². The van der Waals surface area contributed by atoms with E-state index in [0.29, 0.717) is 19.8 Å². The van der Waals surface area contributed by atoms with Crippen molar-refractivity contribution in [3.8, 4) is 0 Å². The second-order valence-electron chi connectivity index (χ2n) is 4.08. The number of aliphatic hydroxyl groups excluding tert-OH is 1. The van der Waals surface area contributed by atoms with Crippen molar-refractivity contribution in [3.63, 3.8) is 0 Å². The first-order valence-corrected chi connectivity index (χ1v) is 8.73. The van der Waals surface area contributed by atoms with Crippen LogP contribution in [0.3, 0.4) is 0 Å². The third-order valence-electron chi connectivity index (χ3n) is 2.71. The molecule has 15 heavy (non-hydrogen) atoms. The normalized spacial score (nSPS) is 26.5. The van der Waals surface area contributed by atoms with E-state index in [2.05, 4.69) is 13.5 Å². The maximum atomic E-state index is 9.85. The molecule has 2 atom stereocenters. The summed E-state index contributed by atoms with van der Waals surface area (Å²) in [6.45, 7) is 6.36. The van der Waals surface area contributed by atoms with Crippen LogP contribution in [0.5, 0.6) is 0 Å². The van der Waals surface area contributed by atoms with Gasteiger partial charge in [0.25, 0.3) is 0 Å². The van der Waals surface area contributed by atoms with E-state index in [1.807, 2.05) is 11.8 Å². The minimum absolute atomic E-state index is 0.0396. The van der Waals surface area contributed by atoms with Gasteiger partial charge < -0.3 is 0 Å². The quantitative estimate of drug-likeness (QED) is 0.598. The Balaban J connectivity index is 2.18. The summed E-state index contributed by atoms with van der Waals surface area (Å²) in [5.41, 5.74) is 0. The molecule has 0 radical (unpaired) electrons. The second-order valence-corrected chi connectivity index (χ2v) is 8.65. The molecule has 1 aliphatic rings. The molecule has 1 N–H and O–H groups in total. The Hall–Kier alpha value is 0.569. The van der Waals surface area contributed by atoms with E-state index in [0.717, 1.165) is 6.42 Å². The van der Waals surface area contributed by atoms with E-state index in [1.165, 1.54) is 41.7 Å². The van der Waals surface area contributed by atoms with Gasteiger partial charge in [0.15, 0.2) is 0 Å². The Bertz CT molecular complexity index is 196. The fraction of sp³-hybridized carbons (Fsp3) is 0.833. The number of thioether (sulfide) groups is 1. The summed E-state index contributed by atoms with van der Waals surface area (Å²) in [7, 11) is 0. The van der Waals surface area contributed by atoms with Crippen molar-refractivity contribution >= 4 is 26.7 Å². The standard InChI is InChI=1S/C12H22OSSe/c1-3-4-9-14-10(2)15-12-8-6-5-7-11(12)13/h11-13H,2-9H2,1H3. The van der Waals surface area contributed by atoms with Gasteiger partial charge in [0.05, 0.1) is 0 Å². The average Bonchev–Trinajstić information content (AvgIpc) is 2.22.